The van der Waals surface area contributed by atoms with E-state index < -0.39 is 0 Å². The molecule has 0 bridgehead atoms. The fraction of sp³-hybridized carbons (Fsp3) is 0.158. The summed E-state index contributed by atoms with van der Waals surface area (Å²) in [5.74, 6) is -0.214. The van der Waals surface area contributed by atoms with Gasteiger partial charge in [-0.15, -0.1) is 0 Å². The van der Waals surface area contributed by atoms with Gasteiger partial charge in [0.05, 0.1) is 17.3 Å². The molecule has 0 saturated heterocycles. The molecule has 0 radical (unpaired) electrons. The fourth-order valence-corrected chi connectivity index (χ4v) is 2.55. The summed E-state index contributed by atoms with van der Waals surface area (Å²) in [6, 6.07) is 18.2. The Balaban J connectivity index is 1.78. The summed E-state index contributed by atoms with van der Waals surface area (Å²) >= 11 is 0. The van der Waals surface area contributed by atoms with Gasteiger partial charge in [-0.3, -0.25) is 4.68 Å². The number of nitrogens with zero attached hydrogens (tertiary/aromatic N) is 3. The van der Waals surface area contributed by atoms with Gasteiger partial charge in [0.25, 0.3) is 0 Å². The van der Waals surface area contributed by atoms with Crippen LogP contribution in [0, 0.1) is 17.1 Å². The van der Waals surface area contributed by atoms with E-state index in [1.54, 1.807) is 6.07 Å². The van der Waals surface area contributed by atoms with Crippen molar-refractivity contribution in [3.63, 3.8) is 0 Å². The zero-order valence-electron chi connectivity index (χ0n) is 12.8. The first kappa shape index (κ1) is 15.0. The molecule has 0 aliphatic heterocycles. The average molecular weight is 305 g/mol. The summed E-state index contributed by atoms with van der Waals surface area (Å²) in [4.78, 5) is 0. The van der Waals surface area contributed by atoms with Crippen LogP contribution in [0.15, 0.2) is 54.6 Å². The van der Waals surface area contributed by atoms with E-state index in [4.69, 9.17) is 5.26 Å². The number of aromatic nitrogens is 2. The van der Waals surface area contributed by atoms with E-state index in [-0.39, 0.29) is 5.82 Å². The predicted molar refractivity (Wildman–Crippen MR) is 87.2 cm³/mol. The van der Waals surface area contributed by atoms with Crippen LogP contribution in [0.5, 0.6) is 0 Å². The van der Waals surface area contributed by atoms with E-state index in [1.807, 2.05) is 48.1 Å². The van der Waals surface area contributed by atoms with E-state index in [2.05, 4.69) is 11.2 Å². The van der Waals surface area contributed by atoms with Crippen LogP contribution >= 0.6 is 0 Å². The van der Waals surface area contributed by atoms with Crippen molar-refractivity contribution >= 4 is 0 Å². The first-order valence-electron chi connectivity index (χ1n) is 7.43. The molecule has 3 nitrogen and oxygen atoms in total. The van der Waals surface area contributed by atoms with Gasteiger partial charge in [0.1, 0.15) is 5.82 Å². The number of aryl methyl sites for hydroxylation is 3. The van der Waals surface area contributed by atoms with Crippen molar-refractivity contribution in [3.05, 3.63) is 77.2 Å². The first-order valence-corrected chi connectivity index (χ1v) is 7.43. The minimum atomic E-state index is -0.214. The highest BCUT2D eigenvalue weighted by Crippen LogP contribution is 2.21. The Labute approximate surface area is 134 Å². The lowest BCUT2D eigenvalue weighted by Crippen LogP contribution is -2.00. The number of hydrogen-bond acceptors (Lipinski definition) is 2. The summed E-state index contributed by atoms with van der Waals surface area (Å²) in [6.45, 7) is 0. The third kappa shape index (κ3) is 3.46. The van der Waals surface area contributed by atoms with Crippen LogP contribution in [0.25, 0.3) is 11.3 Å². The van der Waals surface area contributed by atoms with Crippen LogP contribution < -0.4 is 0 Å². The molecule has 0 spiro atoms. The molecule has 2 aromatic carbocycles. The lowest BCUT2D eigenvalue weighted by molar-refractivity contribution is 0.626. The molecule has 1 heterocycles. The SMILES string of the molecule is Cn1nc(-c2cccc(C#N)c2)cc1CCc1ccc(F)cc1. The molecular weight excluding hydrogens is 289 g/mol. The zero-order valence-corrected chi connectivity index (χ0v) is 12.8. The Bertz CT molecular complexity index is 857. The molecule has 0 fully saturated rings. The van der Waals surface area contributed by atoms with Crippen molar-refractivity contribution in [2.45, 2.75) is 12.8 Å². The van der Waals surface area contributed by atoms with Crippen molar-refractivity contribution < 1.29 is 4.39 Å². The molecule has 3 aromatic rings. The van der Waals surface area contributed by atoms with Crippen LogP contribution in [0.2, 0.25) is 0 Å². The summed E-state index contributed by atoms with van der Waals surface area (Å²) < 4.78 is 14.8. The van der Waals surface area contributed by atoms with Gasteiger partial charge in [-0.1, -0.05) is 24.3 Å². The van der Waals surface area contributed by atoms with Crippen LogP contribution in [0.3, 0.4) is 0 Å². The Morgan fingerprint density at radius 2 is 1.87 bits per heavy atom. The molecule has 3 rings (SSSR count). The second-order valence-corrected chi connectivity index (χ2v) is 5.46. The molecule has 0 unspecified atom stereocenters. The lowest BCUT2D eigenvalue weighted by Gasteiger charge is -2.02. The summed E-state index contributed by atoms with van der Waals surface area (Å²) in [6.07, 6.45) is 1.66. The number of benzene rings is 2. The molecule has 0 saturated carbocycles. The quantitative estimate of drug-likeness (QED) is 0.734. The highest BCUT2D eigenvalue weighted by atomic mass is 19.1. The summed E-state index contributed by atoms with van der Waals surface area (Å²) in [5, 5.41) is 13.5. The second kappa shape index (κ2) is 6.45. The number of nitriles is 1. The van der Waals surface area contributed by atoms with Gasteiger partial charge in [0, 0.05) is 18.3 Å². The molecule has 4 heteroatoms. The smallest absolute Gasteiger partial charge is 0.123 e. The van der Waals surface area contributed by atoms with Crippen LogP contribution in [-0.4, -0.2) is 9.78 Å². The summed E-state index contributed by atoms with van der Waals surface area (Å²) in [7, 11) is 1.91. The third-order valence-corrected chi connectivity index (χ3v) is 3.85. The summed E-state index contributed by atoms with van der Waals surface area (Å²) in [5.41, 5.74) is 4.62. The van der Waals surface area contributed by atoms with Crippen LogP contribution in [-0.2, 0) is 19.9 Å². The first-order chi connectivity index (χ1) is 11.2. The Morgan fingerprint density at radius 3 is 2.61 bits per heavy atom. The molecule has 0 aliphatic carbocycles. The molecule has 1 aromatic heterocycles. The van der Waals surface area contributed by atoms with Gasteiger partial charge in [0.15, 0.2) is 0 Å². The maximum absolute atomic E-state index is 12.9. The fourth-order valence-electron chi connectivity index (χ4n) is 2.55. The minimum absolute atomic E-state index is 0.214. The molecular formula is C19H16FN3. The van der Waals surface area contributed by atoms with Crippen LogP contribution in [0.1, 0.15) is 16.8 Å². The van der Waals surface area contributed by atoms with Gasteiger partial charge in [-0.05, 0) is 48.7 Å². The standard InChI is InChI=1S/C19H16FN3/c1-23-18(10-7-14-5-8-17(20)9-6-14)12-19(22-23)16-4-2-3-15(11-16)13-21/h2-6,8-9,11-12H,7,10H2,1H3. The monoisotopic (exact) mass is 305 g/mol. The lowest BCUT2D eigenvalue weighted by atomic mass is 10.1. The number of rotatable bonds is 4. The van der Waals surface area contributed by atoms with E-state index in [9.17, 15) is 4.39 Å². The van der Waals surface area contributed by atoms with Crippen molar-refractivity contribution in [2.75, 3.05) is 0 Å². The molecule has 0 atom stereocenters. The van der Waals surface area contributed by atoms with Crippen molar-refractivity contribution in [3.8, 4) is 17.3 Å². The van der Waals surface area contributed by atoms with Gasteiger partial charge < -0.3 is 0 Å². The average Bonchev–Trinajstić information content (AvgIpc) is 2.95. The van der Waals surface area contributed by atoms with Gasteiger partial charge >= 0.3 is 0 Å². The molecule has 0 aliphatic rings. The minimum Gasteiger partial charge on any atom is -0.272 e. The third-order valence-electron chi connectivity index (χ3n) is 3.85. The van der Waals surface area contributed by atoms with E-state index >= 15 is 0 Å². The molecule has 114 valence electrons. The van der Waals surface area contributed by atoms with Crippen LogP contribution in [0.4, 0.5) is 4.39 Å². The maximum atomic E-state index is 12.9. The van der Waals surface area contributed by atoms with E-state index in [1.165, 1.54) is 12.1 Å². The predicted octanol–water partition coefficient (Wildman–Crippen LogP) is 3.88. The van der Waals surface area contributed by atoms with E-state index in [0.29, 0.717) is 5.56 Å². The van der Waals surface area contributed by atoms with Crippen molar-refractivity contribution in [1.29, 1.82) is 5.26 Å². The van der Waals surface area contributed by atoms with Gasteiger partial charge in [-0.2, -0.15) is 10.4 Å². The number of halogens is 1. The molecule has 23 heavy (non-hydrogen) atoms. The van der Waals surface area contributed by atoms with Gasteiger partial charge in [-0.25, -0.2) is 4.39 Å². The second-order valence-electron chi connectivity index (χ2n) is 5.46. The largest absolute Gasteiger partial charge is 0.272 e. The highest BCUT2D eigenvalue weighted by molar-refractivity contribution is 5.61. The Morgan fingerprint density at radius 1 is 1.09 bits per heavy atom. The molecule has 0 N–H and O–H groups in total. The zero-order chi connectivity index (χ0) is 16.2. The topological polar surface area (TPSA) is 41.6 Å². The Hall–Kier alpha value is -2.93. The van der Waals surface area contributed by atoms with Crippen molar-refractivity contribution in [1.82, 2.24) is 9.78 Å². The normalized spacial score (nSPS) is 10.5. The van der Waals surface area contributed by atoms with E-state index in [0.717, 1.165) is 35.4 Å². The number of hydrogen-bond donors (Lipinski definition) is 0. The maximum Gasteiger partial charge on any atom is 0.123 e. The molecule has 0 amide bonds. The highest BCUT2D eigenvalue weighted by Gasteiger charge is 2.08. The Kier molecular flexibility index (Phi) is 4.20. The van der Waals surface area contributed by atoms with Gasteiger partial charge in [0.2, 0.25) is 0 Å². The van der Waals surface area contributed by atoms with Crippen molar-refractivity contribution in [2.24, 2.45) is 7.05 Å².